The average molecular weight is 310 g/mol. The fourth-order valence-corrected chi connectivity index (χ4v) is 3.46. The van der Waals surface area contributed by atoms with Gasteiger partial charge in [0.1, 0.15) is 0 Å². The van der Waals surface area contributed by atoms with Crippen LogP contribution in [0.1, 0.15) is 34.5 Å². The van der Waals surface area contributed by atoms with Gasteiger partial charge >= 0.3 is 5.97 Å². The first-order valence-corrected chi connectivity index (χ1v) is 7.96. The van der Waals surface area contributed by atoms with E-state index in [0.29, 0.717) is 0 Å². The maximum absolute atomic E-state index is 12.5. The van der Waals surface area contributed by atoms with Gasteiger partial charge in [0, 0.05) is 13.1 Å². The minimum atomic E-state index is -0.493. The van der Waals surface area contributed by atoms with Crippen molar-refractivity contribution < 1.29 is 14.3 Å². The predicted molar refractivity (Wildman–Crippen MR) is 82.6 cm³/mol. The smallest absolute Gasteiger partial charge is 0.307 e. The van der Waals surface area contributed by atoms with Crippen LogP contribution in [0, 0.1) is 6.92 Å². The third-order valence-electron chi connectivity index (χ3n) is 4.10. The second-order valence-corrected chi connectivity index (χ2v) is 6.64. The van der Waals surface area contributed by atoms with Crippen LogP contribution >= 0.6 is 11.3 Å². The summed E-state index contributed by atoms with van der Waals surface area (Å²) in [5.74, 6) is -0.362. The molecular weight excluding hydrogens is 288 g/mol. The minimum Gasteiger partial charge on any atom is -0.469 e. The van der Waals surface area contributed by atoms with Crippen LogP contribution in [0.3, 0.4) is 0 Å². The molecule has 0 radical (unpaired) electrons. The number of likely N-dealkylation sites (tertiary alicyclic amines) is 1. The van der Waals surface area contributed by atoms with Gasteiger partial charge in [0.15, 0.2) is 0 Å². The molecule has 0 aromatic carbocycles. The molecule has 0 bridgehead atoms. The summed E-state index contributed by atoms with van der Waals surface area (Å²) in [7, 11) is 3.43. The number of carbonyl (C=O) groups is 2. The number of nitrogens with zero attached hydrogens (tertiary/aromatic N) is 1. The van der Waals surface area contributed by atoms with Crippen molar-refractivity contribution in [1.82, 2.24) is 10.2 Å². The highest BCUT2D eigenvalue weighted by Crippen LogP contribution is 2.27. The molecule has 1 saturated heterocycles. The van der Waals surface area contributed by atoms with Gasteiger partial charge in [-0.1, -0.05) is 0 Å². The van der Waals surface area contributed by atoms with Crippen molar-refractivity contribution in [2.24, 2.45) is 0 Å². The van der Waals surface area contributed by atoms with Crippen molar-refractivity contribution in [3.8, 4) is 0 Å². The summed E-state index contributed by atoms with van der Waals surface area (Å²) in [5, 5.41) is 5.01. The molecular formula is C15H22N2O3S. The number of ether oxygens (including phenoxy) is 1. The Bertz CT molecular complexity index is 519. The summed E-state index contributed by atoms with van der Waals surface area (Å²) in [4.78, 5) is 27.1. The fraction of sp³-hybridized carbons (Fsp3) is 0.600. The third kappa shape index (κ3) is 3.83. The molecule has 0 atom stereocenters. The fourth-order valence-electron chi connectivity index (χ4n) is 2.64. The van der Waals surface area contributed by atoms with Gasteiger partial charge in [0.05, 0.1) is 23.9 Å². The number of hydrogen-bond donors (Lipinski definition) is 1. The summed E-state index contributed by atoms with van der Waals surface area (Å²) < 4.78 is 4.80. The van der Waals surface area contributed by atoms with Crippen LogP contribution < -0.4 is 5.32 Å². The van der Waals surface area contributed by atoms with E-state index in [1.54, 1.807) is 0 Å². The molecule has 0 saturated carbocycles. The zero-order chi connectivity index (χ0) is 15.5. The largest absolute Gasteiger partial charge is 0.469 e. The Kier molecular flexibility index (Phi) is 5.00. The second kappa shape index (κ2) is 6.58. The molecule has 1 N–H and O–H groups in total. The summed E-state index contributed by atoms with van der Waals surface area (Å²) in [5.41, 5.74) is 0.478. The maximum Gasteiger partial charge on any atom is 0.307 e. The van der Waals surface area contributed by atoms with E-state index in [1.807, 2.05) is 25.4 Å². The molecule has 1 fully saturated rings. The van der Waals surface area contributed by atoms with Crippen LogP contribution in [-0.2, 0) is 9.53 Å². The Morgan fingerprint density at radius 1 is 1.43 bits per heavy atom. The van der Waals surface area contributed by atoms with Crippen LogP contribution in [0.25, 0.3) is 0 Å². The Hall–Kier alpha value is -1.40. The number of piperidine rings is 1. The van der Waals surface area contributed by atoms with Gasteiger partial charge in [0.25, 0.3) is 5.91 Å². The van der Waals surface area contributed by atoms with Gasteiger partial charge in [-0.05, 0) is 43.8 Å². The van der Waals surface area contributed by atoms with Gasteiger partial charge in [-0.3, -0.25) is 9.59 Å². The molecule has 0 unspecified atom stereocenters. The van der Waals surface area contributed by atoms with Crippen LogP contribution in [0.5, 0.6) is 0 Å². The van der Waals surface area contributed by atoms with E-state index >= 15 is 0 Å². The first kappa shape index (κ1) is 16.0. The van der Waals surface area contributed by atoms with Gasteiger partial charge < -0.3 is 15.0 Å². The molecule has 0 spiro atoms. The first-order valence-electron chi connectivity index (χ1n) is 7.08. The number of esters is 1. The topological polar surface area (TPSA) is 58.6 Å². The number of hydrogen-bond acceptors (Lipinski definition) is 5. The van der Waals surface area contributed by atoms with Crippen LogP contribution in [0.4, 0.5) is 0 Å². The molecule has 1 amide bonds. The highest BCUT2D eigenvalue weighted by molar-refractivity contribution is 7.12. The molecule has 1 aromatic heterocycles. The van der Waals surface area contributed by atoms with E-state index in [4.69, 9.17) is 4.74 Å². The Balaban J connectivity index is 2.14. The summed E-state index contributed by atoms with van der Waals surface area (Å²) in [6, 6.07) is 1.93. The van der Waals surface area contributed by atoms with Crippen molar-refractivity contribution in [2.45, 2.75) is 31.7 Å². The van der Waals surface area contributed by atoms with Crippen molar-refractivity contribution in [1.29, 1.82) is 0 Å². The molecule has 2 heterocycles. The van der Waals surface area contributed by atoms with Gasteiger partial charge in [-0.2, -0.15) is 0 Å². The third-order valence-corrected chi connectivity index (χ3v) is 5.12. The Morgan fingerprint density at radius 3 is 2.62 bits per heavy atom. The maximum atomic E-state index is 12.5. The predicted octanol–water partition coefficient (Wildman–Crippen LogP) is 1.81. The lowest BCUT2D eigenvalue weighted by Gasteiger charge is -2.40. The first-order chi connectivity index (χ1) is 9.96. The quantitative estimate of drug-likeness (QED) is 0.862. The molecule has 0 aliphatic carbocycles. The number of thiophene rings is 1. The molecule has 1 aliphatic heterocycles. The molecule has 1 aromatic rings. The zero-order valence-corrected chi connectivity index (χ0v) is 13.6. The zero-order valence-electron chi connectivity index (χ0n) is 12.8. The lowest BCUT2D eigenvalue weighted by atomic mass is 9.84. The number of rotatable bonds is 4. The number of carbonyl (C=O) groups excluding carboxylic acids is 2. The van der Waals surface area contributed by atoms with Crippen LogP contribution in [0.15, 0.2) is 11.4 Å². The van der Waals surface area contributed by atoms with E-state index in [9.17, 15) is 9.59 Å². The summed E-state index contributed by atoms with van der Waals surface area (Å²) in [6.45, 7) is 3.65. The molecule has 6 heteroatoms. The number of amides is 1. The summed E-state index contributed by atoms with van der Waals surface area (Å²) >= 11 is 1.43. The minimum absolute atomic E-state index is 0.0871. The van der Waals surface area contributed by atoms with Crippen molar-refractivity contribution >= 4 is 23.2 Å². The van der Waals surface area contributed by atoms with Crippen molar-refractivity contribution in [3.63, 3.8) is 0 Å². The molecule has 21 heavy (non-hydrogen) atoms. The van der Waals surface area contributed by atoms with Crippen molar-refractivity contribution in [2.75, 3.05) is 27.2 Å². The highest BCUT2D eigenvalue weighted by atomic mass is 32.1. The van der Waals surface area contributed by atoms with E-state index in [1.165, 1.54) is 18.4 Å². The summed E-state index contributed by atoms with van der Waals surface area (Å²) in [6.07, 6.45) is 1.75. The van der Waals surface area contributed by atoms with E-state index < -0.39 is 5.54 Å². The normalized spacial score (nSPS) is 18.2. The second-order valence-electron chi connectivity index (χ2n) is 5.72. The lowest BCUT2D eigenvalue weighted by molar-refractivity contribution is -0.142. The number of aryl methyl sites for hydroxylation is 1. The van der Waals surface area contributed by atoms with Crippen LogP contribution in [0.2, 0.25) is 0 Å². The van der Waals surface area contributed by atoms with E-state index in [0.717, 1.165) is 36.4 Å². The van der Waals surface area contributed by atoms with Gasteiger partial charge in [-0.25, -0.2) is 0 Å². The Morgan fingerprint density at radius 2 is 2.10 bits per heavy atom. The monoisotopic (exact) mass is 310 g/mol. The van der Waals surface area contributed by atoms with E-state index in [-0.39, 0.29) is 18.3 Å². The molecule has 2 rings (SSSR count). The standard InChI is InChI=1S/C15H22N2O3S/c1-11-4-9-21-13(11)14(19)16-15(10-12(18)20-3)5-7-17(2)8-6-15/h4,9H,5-8,10H2,1-3H3,(H,16,19). The number of nitrogens with one attached hydrogen (secondary N) is 1. The van der Waals surface area contributed by atoms with E-state index in [2.05, 4.69) is 10.2 Å². The SMILES string of the molecule is COC(=O)CC1(NC(=O)c2sccc2C)CCN(C)CC1. The number of methoxy groups -OCH3 is 1. The molecule has 1 aliphatic rings. The van der Waals surface area contributed by atoms with Gasteiger partial charge in [0.2, 0.25) is 0 Å². The Labute approximate surface area is 129 Å². The van der Waals surface area contributed by atoms with Gasteiger partial charge in [-0.15, -0.1) is 11.3 Å². The lowest BCUT2D eigenvalue weighted by Crippen LogP contribution is -2.55. The molecule has 116 valence electrons. The highest BCUT2D eigenvalue weighted by Gasteiger charge is 2.38. The van der Waals surface area contributed by atoms with Crippen LogP contribution in [-0.4, -0.2) is 49.6 Å². The van der Waals surface area contributed by atoms with Crippen molar-refractivity contribution in [3.05, 3.63) is 21.9 Å². The molecule has 5 nitrogen and oxygen atoms in total. The average Bonchev–Trinajstić information content (AvgIpc) is 2.88.